The zero-order valence-electron chi connectivity index (χ0n) is 8.30. The van der Waals surface area contributed by atoms with Crippen molar-refractivity contribution >= 4 is 23.2 Å². The molecule has 1 aromatic rings. The van der Waals surface area contributed by atoms with Crippen LogP contribution in [0.5, 0.6) is 0 Å². The first-order chi connectivity index (χ1) is 7.05. The molecule has 0 spiro atoms. The highest BCUT2D eigenvalue weighted by Crippen LogP contribution is 2.37. The van der Waals surface area contributed by atoms with Crippen LogP contribution in [0.15, 0.2) is 18.2 Å². The molecule has 0 radical (unpaired) electrons. The summed E-state index contributed by atoms with van der Waals surface area (Å²) in [7, 11) is 0. The molecule has 15 heavy (non-hydrogen) atoms. The zero-order chi connectivity index (χ0) is 11.5. The monoisotopic (exact) mass is 243 g/mol. The van der Waals surface area contributed by atoms with Gasteiger partial charge in [-0.1, -0.05) is 29.3 Å². The third kappa shape index (κ3) is 2.43. The minimum atomic E-state index is -0.843. The van der Waals surface area contributed by atoms with Crippen LogP contribution in [0.3, 0.4) is 0 Å². The lowest BCUT2D eigenvalue weighted by Crippen LogP contribution is -2.22. The van der Waals surface area contributed by atoms with Gasteiger partial charge in [0, 0.05) is 22.2 Å². The van der Waals surface area contributed by atoms with Gasteiger partial charge in [-0.2, -0.15) is 5.26 Å². The lowest BCUT2D eigenvalue weighted by Gasteiger charge is -2.23. The number of nitrogens with zero attached hydrogens (tertiary/aromatic N) is 1. The molecule has 0 amide bonds. The molecule has 0 aliphatic carbocycles. The molecule has 0 aliphatic heterocycles. The summed E-state index contributed by atoms with van der Waals surface area (Å²) in [4.78, 5) is 0. The van der Waals surface area contributed by atoms with Gasteiger partial charge in [-0.25, -0.2) is 0 Å². The van der Waals surface area contributed by atoms with E-state index < -0.39 is 5.41 Å². The van der Waals surface area contributed by atoms with Gasteiger partial charge in [-0.15, -0.1) is 0 Å². The third-order valence-electron chi connectivity index (χ3n) is 2.37. The second-order valence-corrected chi connectivity index (χ2v) is 4.33. The molecular formula is C11H11Cl2NO. The Bertz CT molecular complexity index is 380. The van der Waals surface area contributed by atoms with Crippen LogP contribution in [0.4, 0.5) is 0 Å². The summed E-state index contributed by atoms with van der Waals surface area (Å²) in [6.45, 7) is 1.64. The van der Waals surface area contributed by atoms with Gasteiger partial charge in [0.05, 0.1) is 11.5 Å². The maximum absolute atomic E-state index is 9.14. The van der Waals surface area contributed by atoms with E-state index in [9.17, 15) is 0 Å². The fourth-order valence-corrected chi connectivity index (χ4v) is 2.30. The van der Waals surface area contributed by atoms with Crippen molar-refractivity contribution in [2.45, 2.75) is 18.8 Å². The highest BCUT2D eigenvalue weighted by Gasteiger charge is 2.30. The second kappa shape index (κ2) is 4.85. The number of nitriles is 1. The van der Waals surface area contributed by atoms with Crippen molar-refractivity contribution in [2.24, 2.45) is 0 Å². The van der Waals surface area contributed by atoms with Crippen molar-refractivity contribution < 1.29 is 5.11 Å². The van der Waals surface area contributed by atoms with Crippen molar-refractivity contribution in [2.75, 3.05) is 6.61 Å². The van der Waals surface area contributed by atoms with E-state index in [1.807, 2.05) is 0 Å². The first-order valence-electron chi connectivity index (χ1n) is 4.52. The maximum atomic E-state index is 9.14. The summed E-state index contributed by atoms with van der Waals surface area (Å²) >= 11 is 12.0. The van der Waals surface area contributed by atoms with E-state index >= 15 is 0 Å². The average molecular weight is 244 g/mol. The van der Waals surface area contributed by atoms with E-state index in [0.717, 1.165) is 0 Å². The Kier molecular flexibility index (Phi) is 3.98. The molecule has 1 rings (SSSR count). The first kappa shape index (κ1) is 12.3. The summed E-state index contributed by atoms with van der Waals surface area (Å²) in [6, 6.07) is 7.26. The normalized spacial score (nSPS) is 14.3. The molecule has 0 heterocycles. The summed E-state index contributed by atoms with van der Waals surface area (Å²) in [5, 5.41) is 19.0. The highest BCUT2D eigenvalue weighted by atomic mass is 35.5. The second-order valence-electron chi connectivity index (χ2n) is 3.51. The molecule has 0 saturated carbocycles. The van der Waals surface area contributed by atoms with Crippen LogP contribution < -0.4 is 0 Å². The fourth-order valence-electron chi connectivity index (χ4n) is 1.49. The largest absolute Gasteiger partial charge is 0.396 e. The van der Waals surface area contributed by atoms with Gasteiger partial charge < -0.3 is 5.11 Å². The van der Waals surface area contributed by atoms with E-state index in [2.05, 4.69) is 6.07 Å². The lowest BCUT2D eigenvalue weighted by molar-refractivity contribution is 0.264. The predicted octanol–water partition coefficient (Wildman–Crippen LogP) is 3.16. The molecule has 0 saturated heterocycles. The standard InChI is InChI=1S/C11H11Cl2NO/c1-11(7-14,5-6-15)10-8(12)3-2-4-9(10)13/h2-4,15H,5-6H2,1H3. The molecule has 80 valence electrons. The Labute approximate surface area is 99.0 Å². The molecule has 1 unspecified atom stereocenters. The number of rotatable bonds is 3. The Hall–Kier alpha value is -0.750. The number of benzene rings is 1. The average Bonchev–Trinajstić information content (AvgIpc) is 2.18. The molecule has 1 N–H and O–H groups in total. The SMILES string of the molecule is CC(C#N)(CCO)c1c(Cl)cccc1Cl. The summed E-state index contributed by atoms with van der Waals surface area (Å²) in [5.41, 5.74) is -0.255. The van der Waals surface area contributed by atoms with E-state index in [4.69, 9.17) is 33.6 Å². The summed E-state index contributed by atoms with van der Waals surface area (Å²) < 4.78 is 0. The summed E-state index contributed by atoms with van der Waals surface area (Å²) in [6.07, 6.45) is 0.312. The topological polar surface area (TPSA) is 44.0 Å². The minimum Gasteiger partial charge on any atom is -0.396 e. The Morgan fingerprint density at radius 3 is 2.33 bits per heavy atom. The minimum absolute atomic E-state index is 0.0778. The first-order valence-corrected chi connectivity index (χ1v) is 5.27. The Balaban J connectivity index is 3.30. The maximum Gasteiger partial charge on any atom is 0.0845 e. The van der Waals surface area contributed by atoms with Crippen molar-refractivity contribution in [1.82, 2.24) is 0 Å². The highest BCUT2D eigenvalue weighted by molar-refractivity contribution is 6.36. The van der Waals surface area contributed by atoms with E-state index in [0.29, 0.717) is 22.0 Å². The Morgan fingerprint density at radius 1 is 1.40 bits per heavy atom. The quantitative estimate of drug-likeness (QED) is 0.887. The molecule has 0 fully saturated rings. The van der Waals surface area contributed by atoms with Crippen molar-refractivity contribution in [3.63, 3.8) is 0 Å². The smallest absolute Gasteiger partial charge is 0.0845 e. The van der Waals surface area contributed by atoms with Crippen molar-refractivity contribution in [1.29, 1.82) is 5.26 Å². The molecule has 0 bridgehead atoms. The molecular weight excluding hydrogens is 233 g/mol. The van der Waals surface area contributed by atoms with Gasteiger partial charge in [0.2, 0.25) is 0 Å². The zero-order valence-corrected chi connectivity index (χ0v) is 9.81. The van der Waals surface area contributed by atoms with Gasteiger partial charge in [0.1, 0.15) is 0 Å². The van der Waals surface area contributed by atoms with Gasteiger partial charge in [-0.3, -0.25) is 0 Å². The van der Waals surface area contributed by atoms with Crippen molar-refractivity contribution in [3.05, 3.63) is 33.8 Å². The van der Waals surface area contributed by atoms with Gasteiger partial charge in [0.25, 0.3) is 0 Å². The molecule has 1 atom stereocenters. The number of hydrogen-bond acceptors (Lipinski definition) is 2. The van der Waals surface area contributed by atoms with Crippen LogP contribution >= 0.6 is 23.2 Å². The van der Waals surface area contributed by atoms with E-state index in [1.165, 1.54) is 0 Å². The molecule has 0 aliphatic rings. The van der Waals surface area contributed by atoms with Crippen LogP contribution in [0.1, 0.15) is 18.9 Å². The molecule has 4 heteroatoms. The van der Waals surface area contributed by atoms with Crippen LogP contribution in [0.25, 0.3) is 0 Å². The van der Waals surface area contributed by atoms with E-state index in [1.54, 1.807) is 25.1 Å². The summed E-state index contributed by atoms with van der Waals surface area (Å²) in [5.74, 6) is 0. The Morgan fingerprint density at radius 2 is 1.93 bits per heavy atom. The lowest BCUT2D eigenvalue weighted by atomic mass is 9.81. The number of halogens is 2. The fraction of sp³-hybridized carbons (Fsp3) is 0.364. The van der Waals surface area contributed by atoms with Gasteiger partial charge >= 0.3 is 0 Å². The van der Waals surface area contributed by atoms with Crippen molar-refractivity contribution in [3.8, 4) is 6.07 Å². The van der Waals surface area contributed by atoms with Crippen LogP contribution in [0, 0.1) is 11.3 Å². The number of aliphatic hydroxyl groups is 1. The van der Waals surface area contributed by atoms with Gasteiger partial charge in [0.15, 0.2) is 0 Å². The van der Waals surface area contributed by atoms with E-state index in [-0.39, 0.29) is 6.61 Å². The molecule has 0 aromatic heterocycles. The predicted molar refractivity (Wildman–Crippen MR) is 61.1 cm³/mol. The molecule has 1 aromatic carbocycles. The van der Waals surface area contributed by atoms with Crippen LogP contribution in [-0.2, 0) is 5.41 Å². The molecule has 2 nitrogen and oxygen atoms in total. The van der Waals surface area contributed by atoms with Crippen LogP contribution in [0.2, 0.25) is 10.0 Å². The number of aliphatic hydroxyl groups excluding tert-OH is 1. The third-order valence-corrected chi connectivity index (χ3v) is 3.00. The van der Waals surface area contributed by atoms with Gasteiger partial charge in [-0.05, 0) is 25.5 Å². The van der Waals surface area contributed by atoms with Crippen LogP contribution in [-0.4, -0.2) is 11.7 Å². The number of hydrogen-bond donors (Lipinski definition) is 1.